The third kappa shape index (κ3) is 3.07. The molecule has 5 rings (SSSR count). The van der Waals surface area contributed by atoms with Gasteiger partial charge in [0.15, 0.2) is 11.6 Å². The summed E-state index contributed by atoms with van der Waals surface area (Å²) in [5.41, 5.74) is 2.88. The summed E-state index contributed by atoms with van der Waals surface area (Å²) in [4.78, 5) is 47.9. The molecule has 2 heterocycles. The largest absolute Gasteiger partial charge is 0.462 e. The predicted molar refractivity (Wildman–Crippen MR) is 121 cm³/mol. The van der Waals surface area contributed by atoms with E-state index >= 15 is 0 Å². The Morgan fingerprint density at radius 1 is 1.00 bits per heavy atom. The molecule has 4 aromatic rings. The zero-order valence-electron chi connectivity index (χ0n) is 17.3. The second kappa shape index (κ2) is 7.65. The Balaban J connectivity index is 1.55. The molecule has 7 nitrogen and oxygen atoms in total. The van der Waals surface area contributed by atoms with E-state index in [1.807, 2.05) is 6.92 Å². The van der Waals surface area contributed by atoms with Gasteiger partial charge in [-0.1, -0.05) is 24.3 Å². The van der Waals surface area contributed by atoms with Gasteiger partial charge in [0.25, 0.3) is 0 Å². The van der Waals surface area contributed by atoms with Crippen LogP contribution >= 0.6 is 11.3 Å². The number of nitrogens with one attached hydrogen (secondary N) is 1. The first kappa shape index (κ1) is 20.0. The lowest BCUT2D eigenvalue weighted by Crippen LogP contribution is -2.20. The van der Waals surface area contributed by atoms with E-state index in [2.05, 4.69) is 15.3 Å². The summed E-state index contributed by atoms with van der Waals surface area (Å²) in [6, 6.07) is 11.9. The Morgan fingerprint density at radius 2 is 1.69 bits per heavy atom. The Morgan fingerprint density at radius 3 is 2.41 bits per heavy atom. The van der Waals surface area contributed by atoms with Gasteiger partial charge in [0.05, 0.1) is 12.0 Å². The van der Waals surface area contributed by atoms with Gasteiger partial charge in [-0.2, -0.15) is 0 Å². The molecule has 0 fully saturated rings. The highest BCUT2D eigenvalue weighted by Gasteiger charge is 2.29. The van der Waals surface area contributed by atoms with Gasteiger partial charge < -0.3 is 10.1 Å². The van der Waals surface area contributed by atoms with Crippen LogP contribution in [0, 0.1) is 6.92 Å². The minimum Gasteiger partial charge on any atom is -0.462 e. The maximum Gasteiger partial charge on any atom is 0.348 e. The fourth-order valence-corrected chi connectivity index (χ4v) is 4.91. The van der Waals surface area contributed by atoms with Gasteiger partial charge in [0.2, 0.25) is 0 Å². The smallest absolute Gasteiger partial charge is 0.348 e. The molecular formula is C24H17N3O4S. The van der Waals surface area contributed by atoms with Crippen molar-refractivity contribution < 1.29 is 19.1 Å². The molecule has 0 aliphatic heterocycles. The molecule has 8 heteroatoms. The molecule has 0 saturated carbocycles. The van der Waals surface area contributed by atoms with Crippen LogP contribution in [0.1, 0.15) is 54.0 Å². The Hall–Kier alpha value is -3.91. The van der Waals surface area contributed by atoms with Gasteiger partial charge in [-0.25, -0.2) is 14.8 Å². The maximum atomic E-state index is 13.0. The van der Waals surface area contributed by atoms with Gasteiger partial charge in [-0.15, -0.1) is 11.3 Å². The van der Waals surface area contributed by atoms with Crippen LogP contribution in [-0.4, -0.2) is 34.1 Å². The third-order valence-corrected chi connectivity index (χ3v) is 6.56. The van der Waals surface area contributed by atoms with E-state index in [9.17, 15) is 14.4 Å². The van der Waals surface area contributed by atoms with Crippen molar-refractivity contribution in [2.75, 3.05) is 11.9 Å². The van der Waals surface area contributed by atoms with Crippen LogP contribution in [0.4, 0.5) is 11.5 Å². The number of nitrogens with zero attached hydrogens (tertiary/aromatic N) is 2. The number of ketones is 2. The zero-order valence-corrected chi connectivity index (χ0v) is 18.1. The van der Waals surface area contributed by atoms with E-state index in [1.54, 1.807) is 49.4 Å². The second-order valence-corrected chi connectivity index (χ2v) is 8.27. The van der Waals surface area contributed by atoms with Crippen LogP contribution in [-0.2, 0) is 4.74 Å². The van der Waals surface area contributed by atoms with Gasteiger partial charge in [0.1, 0.15) is 21.9 Å². The van der Waals surface area contributed by atoms with Crippen molar-refractivity contribution >= 4 is 50.6 Å². The number of hydrogen-bond donors (Lipinski definition) is 1. The van der Waals surface area contributed by atoms with Crippen LogP contribution in [0.3, 0.4) is 0 Å². The highest BCUT2D eigenvalue weighted by molar-refractivity contribution is 7.20. The third-order valence-electron chi connectivity index (χ3n) is 5.38. The van der Waals surface area contributed by atoms with Crippen LogP contribution in [0.15, 0.2) is 48.8 Å². The first-order chi connectivity index (χ1) is 15.5. The van der Waals surface area contributed by atoms with Gasteiger partial charge in [0, 0.05) is 27.9 Å². The number of aryl methyl sites for hydroxylation is 1. The molecule has 1 aliphatic carbocycles. The summed E-state index contributed by atoms with van der Waals surface area (Å²) in [5.74, 6) is -0.244. The van der Waals surface area contributed by atoms with Crippen molar-refractivity contribution in [1.29, 1.82) is 0 Å². The van der Waals surface area contributed by atoms with Crippen LogP contribution in [0.2, 0.25) is 0 Å². The summed E-state index contributed by atoms with van der Waals surface area (Å²) < 4.78 is 5.14. The highest BCUT2D eigenvalue weighted by Crippen LogP contribution is 2.36. The van der Waals surface area contributed by atoms with Crippen molar-refractivity contribution in [3.8, 4) is 0 Å². The van der Waals surface area contributed by atoms with Gasteiger partial charge in [-0.05, 0) is 37.6 Å². The quantitative estimate of drug-likeness (QED) is 0.402. The number of ether oxygens (including phenoxy) is 1. The Bertz CT molecular complexity index is 1440. The Kier molecular flexibility index (Phi) is 4.79. The molecule has 0 spiro atoms. The van der Waals surface area contributed by atoms with Crippen LogP contribution in [0.5, 0.6) is 0 Å². The molecule has 0 amide bonds. The minimum atomic E-state index is -0.393. The summed E-state index contributed by atoms with van der Waals surface area (Å²) in [7, 11) is 0. The van der Waals surface area contributed by atoms with E-state index in [4.69, 9.17) is 4.74 Å². The number of hydrogen-bond acceptors (Lipinski definition) is 8. The van der Waals surface area contributed by atoms with E-state index in [-0.39, 0.29) is 18.2 Å². The molecule has 158 valence electrons. The lowest BCUT2D eigenvalue weighted by molar-refractivity contribution is 0.0531. The molecule has 1 aliphatic rings. The SMILES string of the molecule is CCOC(=O)c1sc2ncnc(Nc3ccc4c(c3)C(=O)c3ccccc3C4=O)c2c1C. The molecule has 0 atom stereocenters. The van der Waals surface area contributed by atoms with Crippen molar-refractivity contribution in [2.24, 2.45) is 0 Å². The number of carbonyl (C=O) groups is 3. The number of thiophene rings is 1. The zero-order chi connectivity index (χ0) is 22.4. The van der Waals surface area contributed by atoms with Crippen LogP contribution in [0.25, 0.3) is 10.2 Å². The lowest BCUT2D eigenvalue weighted by atomic mass is 9.84. The predicted octanol–water partition coefficient (Wildman–Crippen LogP) is 4.70. The van der Waals surface area contributed by atoms with Gasteiger partial charge in [-0.3, -0.25) is 9.59 Å². The van der Waals surface area contributed by atoms with Crippen molar-refractivity contribution in [3.63, 3.8) is 0 Å². The first-order valence-electron chi connectivity index (χ1n) is 10.00. The number of aromatic nitrogens is 2. The first-order valence-corrected chi connectivity index (χ1v) is 10.8. The average molecular weight is 443 g/mol. The van der Waals surface area contributed by atoms with E-state index in [0.29, 0.717) is 48.9 Å². The second-order valence-electron chi connectivity index (χ2n) is 7.27. The average Bonchev–Trinajstić information content (AvgIpc) is 3.15. The topological polar surface area (TPSA) is 98.2 Å². The standard InChI is InChI=1S/C24H17N3O4S/c1-3-31-24(30)21-12(2)18-22(25-11-26-23(18)32-21)27-13-8-9-16-17(10-13)20(29)15-7-5-4-6-14(15)19(16)28/h4-11H,3H2,1-2H3,(H,25,26,27). The molecular weight excluding hydrogens is 426 g/mol. The molecule has 0 saturated heterocycles. The fourth-order valence-electron chi connectivity index (χ4n) is 3.87. The highest BCUT2D eigenvalue weighted by atomic mass is 32.1. The summed E-state index contributed by atoms with van der Waals surface area (Å²) in [6.45, 7) is 3.87. The van der Waals surface area contributed by atoms with Gasteiger partial charge >= 0.3 is 5.97 Å². The molecule has 0 unspecified atom stereocenters. The molecule has 0 radical (unpaired) electrons. The fraction of sp³-hybridized carbons (Fsp3) is 0.125. The molecule has 0 bridgehead atoms. The molecule has 32 heavy (non-hydrogen) atoms. The molecule has 2 aromatic heterocycles. The van der Waals surface area contributed by atoms with E-state index in [0.717, 1.165) is 5.56 Å². The van der Waals surface area contributed by atoms with E-state index in [1.165, 1.54) is 17.7 Å². The molecule has 1 N–H and O–H groups in total. The lowest BCUT2D eigenvalue weighted by Gasteiger charge is -2.18. The number of esters is 1. The maximum absolute atomic E-state index is 13.0. The number of rotatable bonds is 4. The summed E-state index contributed by atoms with van der Waals surface area (Å²) in [6.07, 6.45) is 1.42. The van der Waals surface area contributed by atoms with Crippen molar-refractivity contribution in [2.45, 2.75) is 13.8 Å². The molecule has 2 aromatic carbocycles. The number of anilines is 2. The summed E-state index contributed by atoms with van der Waals surface area (Å²) >= 11 is 1.25. The van der Waals surface area contributed by atoms with Crippen molar-refractivity contribution in [3.05, 3.63) is 81.5 Å². The minimum absolute atomic E-state index is 0.168. The Labute approximate surface area is 187 Å². The summed E-state index contributed by atoms with van der Waals surface area (Å²) in [5, 5.41) is 3.94. The van der Waals surface area contributed by atoms with E-state index < -0.39 is 5.97 Å². The number of fused-ring (bicyclic) bond motifs is 3. The normalized spacial score (nSPS) is 12.4. The van der Waals surface area contributed by atoms with Crippen LogP contribution < -0.4 is 5.32 Å². The number of benzene rings is 2. The number of carbonyl (C=O) groups excluding carboxylic acids is 3. The monoisotopic (exact) mass is 443 g/mol. The van der Waals surface area contributed by atoms with Crippen molar-refractivity contribution in [1.82, 2.24) is 9.97 Å².